The Labute approximate surface area is 248 Å². The Kier molecular flexibility index (Phi) is 8.38. The topological polar surface area (TPSA) is 183 Å². The number of hydrogen-bond acceptors (Lipinski definition) is 12. The largest absolute Gasteiger partial charge is 0.507 e. The first-order chi connectivity index (χ1) is 20.4. The van der Waals surface area contributed by atoms with Gasteiger partial charge in [0.2, 0.25) is 5.78 Å². The Hall–Kier alpha value is -3.39. The molecule has 5 N–H and O–H groups in total. The summed E-state index contributed by atoms with van der Waals surface area (Å²) in [4.78, 5) is 42.3. The van der Waals surface area contributed by atoms with Gasteiger partial charge in [-0.05, 0) is 26.1 Å². The summed E-state index contributed by atoms with van der Waals surface area (Å²) in [6.07, 6.45) is -4.57. The molecule has 1 aliphatic heterocycles. The number of hydrogen-bond donors (Lipinski definition) is 5. The normalized spacial score (nSPS) is 28.3. The first-order valence-corrected chi connectivity index (χ1v) is 14.4. The van der Waals surface area contributed by atoms with Crippen LogP contribution in [0.5, 0.6) is 17.2 Å². The zero-order chi connectivity index (χ0) is 31.4. The molecular formula is C31H37NO11. The number of aromatic hydroxyl groups is 2. The van der Waals surface area contributed by atoms with E-state index in [1.807, 2.05) is 13.8 Å². The summed E-state index contributed by atoms with van der Waals surface area (Å²) < 4.78 is 17.5. The Morgan fingerprint density at radius 3 is 2.40 bits per heavy atom. The van der Waals surface area contributed by atoms with Crippen molar-refractivity contribution in [2.75, 3.05) is 26.8 Å². The smallest absolute Gasteiger partial charge is 0.202 e. The number of ketones is 3. The molecule has 0 bridgehead atoms. The molecular weight excluding hydrogens is 562 g/mol. The van der Waals surface area contributed by atoms with E-state index in [9.17, 15) is 39.9 Å². The molecule has 12 heteroatoms. The highest BCUT2D eigenvalue weighted by Gasteiger charge is 2.50. The van der Waals surface area contributed by atoms with Gasteiger partial charge in [-0.2, -0.15) is 0 Å². The molecule has 0 saturated carbocycles. The SMILES string of the molecule is CCN(CC)[C@H]1C[C@H](O[C@@H]2C[C@](O)(C(=O)CO)Cc3c(O)c4c(c(O)c32)C(=O)c2c(OC)cccc2C4=O)O[C@H](C)[C@@H]1O. The number of ether oxygens (including phenoxy) is 3. The van der Waals surface area contributed by atoms with Crippen LogP contribution in [0.4, 0.5) is 0 Å². The van der Waals surface area contributed by atoms with Crippen molar-refractivity contribution in [2.45, 2.75) is 76.3 Å². The lowest BCUT2D eigenvalue weighted by molar-refractivity contribution is -0.258. The van der Waals surface area contributed by atoms with Crippen molar-refractivity contribution >= 4 is 17.3 Å². The second-order valence-corrected chi connectivity index (χ2v) is 11.3. The molecule has 12 nitrogen and oxygen atoms in total. The van der Waals surface area contributed by atoms with Gasteiger partial charge >= 0.3 is 0 Å². The van der Waals surface area contributed by atoms with Gasteiger partial charge in [-0.25, -0.2) is 0 Å². The average molecular weight is 600 g/mol. The minimum Gasteiger partial charge on any atom is -0.507 e. The molecule has 3 aliphatic rings. The molecule has 0 radical (unpaired) electrons. The molecule has 6 atom stereocenters. The maximum absolute atomic E-state index is 13.8. The number of carbonyl (C=O) groups excluding carboxylic acids is 3. The number of Topliss-reactive ketones (excluding diaryl/α,β-unsaturated/α-hetero) is 1. The summed E-state index contributed by atoms with van der Waals surface area (Å²) in [5.41, 5.74) is -3.48. The first kappa shape index (κ1) is 31.0. The molecule has 232 valence electrons. The lowest BCUT2D eigenvalue weighted by atomic mass is 9.72. The number of benzene rings is 2. The minimum atomic E-state index is -2.23. The number of rotatable bonds is 8. The van der Waals surface area contributed by atoms with Crippen LogP contribution in [0.1, 0.15) is 82.7 Å². The van der Waals surface area contributed by atoms with Gasteiger partial charge in [0.15, 0.2) is 17.9 Å². The number of phenolic OH excluding ortho intramolecular Hbond substituents is 2. The molecule has 2 aliphatic carbocycles. The summed E-state index contributed by atoms with van der Waals surface area (Å²) in [5, 5.41) is 55.0. The van der Waals surface area contributed by atoms with Crippen LogP contribution in [0.2, 0.25) is 0 Å². The predicted octanol–water partition coefficient (Wildman–Crippen LogP) is 1.38. The van der Waals surface area contributed by atoms with Crippen molar-refractivity contribution in [2.24, 2.45) is 0 Å². The number of aliphatic hydroxyl groups excluding tert-OH is 2. The fourth-order valence-electron chi connectivity index (χ4n) is 6.75. The highest BCUT2D eigenvalue weighted by molar-refractivity contribution is 6.31. The van der Waals surface area contributed by atoms with E-state index in [0.717, 1.165) is 0 Å². The second kappa shape index (κ2) is 11.6. The van der Waals surface area contributed by atoms with Gasteiger partial charge in [-0.15, -0.1) is 0 Å². The van der Waals surface area contributed by atoms with E-state index in [4.69, 9.17) is 14.2 Å². The Balaban J connectivity index is 1.65. The van der Waals surface area contributed by atoms with Crippen LogP contribution >= 0.6 is 0 Å². The third kappa shape index (κ3) is 4.91. The molecule has 1 fully saturated rings. The van der Waals surface area contributed by atoms with Crippen molar-refractivity contribution < 1.29 is 54.1 Å². The number of likely N-dealkylation sites (N-methyl/N-ethyl adjacent to an activating group) is 1. The molecule has 0 unspecified atom stereocenters. The molecule has 1 saturated heterocycles. The number of aliphatic hydroxyl groups is 3. The van der Waals surface area contributed by atoms with Gasteiger partial charge in [-0.3, -0.25) is 19.3 Å². The van der Waals surface area contributed by atoms with E-state index in [1.54, 1.807) is 6.92 Å². The molecule has 1 heterocycles. The van der Waals surface area contributed by atoms with Crippen LogP contribution in [-0.4, -0.2) is 105 Å². The van der Waals surface area contributed by atoms with Crippen LogP contribution in [0.15, 0.2) is 18.2 Å². The fraction of sp³-hybridized carbons (Fsp3) is 0.516. The van der Waals surface area contributed by atoms with Crippen molar-refractivity contribution in [3.63, 3.8) is 0 Å². The van der Waals surface area contributed by atoms with E-state index in [-0.39, 0.29) is 40.5 Å². The number of fused-ring (bicyclic) bond motifs is 3. The van der Waals surface area contributed by atoms with Crippen LogP contribution in [0.3, 0.4) is 0 Å². The maximum atomic E-state index is 13.8. The fourth-order valence-corrected chi connectivity index (χ4v) is 6.75. The van der Waals surface area contributed by atoms with E-state index in [1.165, 1.54) is 25.3 Å². The van der Waals surface area contributed by atoms with Gasteiger partial charge in [0.25, 0.3) is 0 Å². The van der Waals surface area contributed by atoms with Crippen molar-refractivity contribution in [1.29, 1.82) is 0 Å². The Bertz CT molecular complexity index is 1470. The molecule has 0 aromatic heterocycles. The standard InChI is InChI=1S/C31H37NO11/c1-5-32(6-2)17-10-21(42-14(3)26(17)35)43-19-12-31(40,20(34)13-33)11-16-23(19)30(39)25-24(28(16)37)27(36)15-8-7-9-18(41-4)22(15)29(25)38/h7-9,14,17,19,21,26,33,35,37,39-40H,5-6,10-13H2,1-4H3/t14-,17+,19-,21+,26+,31+/m1/s1. The van der Waals surface area contributed by atoms with Gasteiger partial charge in [0.1, 0.15) is 29.5 Å². The van der Waals surface area contributed by atoms with E-state index in [2.05, 4.69) is 4.90 Å². The number of phenols is 2. The monoisotopic (exact) mass is 599 g/mol. The van der Waals surface area contributed by atoms with Crippen LogP contribution < -0.4 is 4.74 Å². The quantitative estimate of drug-likeness (QED) is 0.235. The number of carbonyl (C=O) groups is 3. The van der Waals surface area contributed by atoms with Crippen LogP contribution in [0, 0.1) is 0 Å². The summed E-state index contributed by atoms with van der Waals surface area (Å²) in [5.74, 6) is -3.66. The lowest BCUT2D eigenvalue weighted by Crippen LogP contribution is -2.55. The molecule has 0 amide bonds. The van der Waals surface area contributed by atoms with Crippen molar-refractivity contribution in [3.05, 3.63) is 51.6 Å². The average Bonchev–Trinajstić information content (AvgIpc) is 2.99. The van der Waals surface area contributed by atoms with Gasteiger partial charge in [-0.1, -0.05) is 26.0 Å². The summed E-state index contributed by atoms with van der Waals surface area (Å²) in [6.45, 7) is 5.90. The third-order valence-electron chi connectivity index (χ3n) is 9.01. The van der Waals surface area contributed by atoms with Gasteiger partial charge < -0.3 is 39.7 Å². The number of methoxy groups -OCH3 is 1. The predicted molar refractivity (Wildman–Crippen MR) is 150 cm³/mol. The highest BCUT2D eigenvalue weighted by atomic mass is 16.7. The molecule has 0 spiro atoms. The lowest BCUT2D eigenvalue weighted by Gasteiger charge is -2.45. The van der Waals surface area contributed by atoms with Gasteiger partial charge in [0.05, 0.1) is 42.1 Å². The van der Waals surface area contributed by atoms with E-state index < -0.39 is 89.6 Å². The van der Waals surface area contributed by atoms with Crippen molar-refractivity contribution in [1.82, 2.24) is 4.90 Å². The minimum absolute atomic E-state index is 0.0394. The summed E-state index contributed by atoms with van der Waals surface area (Å²) >= 11 is 0. The second-order valence-electron chi connectivity index (χ2n) is 11.3. The van der Waals surface area contributed by atoms with Crippen LogP contribution in [-0.2, 0) is 20.7 Å². The zero-order valence-electron chi connectivity index (χ0n) is 24.5. The maximum Gasteiger partial charge on any atom is 0.202 e. The first-order valence-electron chi connectivity index (χ1n) is 14.4. The number of nitrogens with zero attached hydrogens (tertiary/aromatic N) is 1. The van der Waals surface area contributed by atoms with Crippen LogP contribution in [0.25, 0.3) is 0 Å². The third-order valence-corrected chi connectivity index (χ3v) is 9.01. The molecule has 2 aromatic carbocycles. The van der Waals surface area contributed by atoms with Gasteiger partial charge in [0, 0.05) is 42.0 Å². The molecule has 43 heavy (non-hydrogen) atoms. The van der Waals surface area contributed by atoms with E-state index in [0.29, 0.717) is 13.1 Å². The molecule has 5 rings (SSSR count). The summed E-state index contributed by atoms with van der Waals surface area (Å²) in [7, 11) is 1.34. The van der Waals surface area contributed by atoms with Crippen molar-refractivity contribution in [3.8, 4) is 17.2 Å². The zero-order valence-corrected chi connectivity index (χ0v) is 24.5. The van der Waals surface area contributed by atoms with E-state index >= 15 is 0 Å². The molecule has 2 aromatic rings. The summed E-state index contributed by atoms with van der Waals surface area (Å²) in [6, 6.07) is 4.06. The highest BCUT2D eigenvalue weighted by Crippen LogP contribution is 2.52. The Morgan fingerprint density at radius 1 is 1.09 bits per heavy atom. The Morgan fingerprint density at radius 2 is 1.77 bits per heavy atom.